The van der Waals surface area contributed by atoms with Crippen LogP contribution in [0.1, 0.15) is 30.7 Å². The summed E-state index contributed by atoms with van der Waals surface area (Å²) in [6.45, 7) is 0. The maximum atomic E-state index is 15.1. The molecular weight excluding hydrogens is 629 g/mol. The van der Waals surface area contributed by atoms with Crippen molar-refractivity contribution in [1.82, 2.24) is 15.2 Å². The van der Waals surface area contributed by atoms with E-state index < -0.39 is 11.7 Å². The average Bonchev–Trinajstić information content (AvgIpc) is 3.37. The largest absolute Gasteiger partial charge is 0.384 e. The Morgan fingerprint density at radius 3 is 2.92 bits per heavy atom. The van der Waals surface area contributed by atoms with E-state index in [9.17, 15) is 14.9 Å². The molecule has 9 nitrogen and oxygen atoms in total. The maximum Gasteiger partial charge on any atom is 0.234 e. The molecule has 14 heteroatoms. The van der Waals surface area contributed by atoms with Crippen molar-refractivity contribution in [3.05, 3.63) is 80.2 Å². The average molecular weight is 647 g/mol. The van der Waals surface area contributed by atoms with Crippen molar-refractivity contribution in [1.29, 1.82) is 5.26 Å². The van der Waals surface area contributed by atoms with Gasteiger partial charge in [0.05, 0.1) is 29.0 Å². The second-order valence-electron chi connectivity index (χ2n) is 8.51. The first-order valence-electron chi connectivity index (χ1n) is 11.6. The van der Waals surface area contributed by atoms with Gasteiger partial charge in [0.2, 0.25) is 11.0 Å². The lowest BCUT2D eigenvalue weighted by atomic mass is 9.75. The quantitative estimate of drug-likeness (QED) is 0.262. The molecule has 1 unspecified atom stereocenters. The number of nitrogens with two attached hydrogens (primary N) is 1. The zero-order valence-electron chi connectivity index (χ0n) is 20.0. The smallest absolute Gasteiger partial charge is 0.234 e. The van der Waals surface area contributed by atoms with Crippen molar-refractivity contribution >= 4 is 73.1 Å². The third-order valence-electron chi connectivity index (χ3n) is 6.13. The van der Waals surface area contributed by atoms with E-state index in [1.165, 1.54) is 23.6 Å². The van der Waals surface area contributed by atoms with E-state index in [1.54, 1.807) is 29.2 Å². The lowest BCUT2D eigenvalue weighted by molar-refractivity contribution is -0.116. The Morgan fingerprint density at radius 1 is 1.36 bits per heavy atom. The van der Waals surface area contributed by atoms with Crippen molar-refractivity contribution in [2.45, 2.75) is 29.5 Å². The van der Waals surface area contributed by atoms with Crippen LogP contribution in [-0.2, 0) is 9.59 Å². The summed E-state index contributed by atoms with van der Waals surface area (Å²) in [5.41, 5.74) is 8.09. The van der Waals surface area contributed by atoms with Gasteiger partial charge in [-0.2, -0.15) is 5.26 Å². The molecule has 0 radical (unpaired) electrons. The molecule has 5 rings (SSSR count). The number of benzene rings is 1. The first kappa shape index (κ1) is 27.3. The minimum Gasteiger partial charge on any atom is -0.384 e. The second-order valence-corrected chi connectivity index (χ2v) is 12.0. The number of anilines is 2. The molecule has 0 spiro atoms. The number of hydrogen-bond acceptors (Lipinski definition) is 10. The van der Waals surface area contributed by atoms with E-state index in [0.717, 1.165) is 11.8 Å². The Kier molecular flexibility index (Phi) is 7.99. The molecule has 1 aliphatic carbocycles. The van der Waals surface area contributed by atoms with Crippen LogP contribution >= 0.6 is 50.6 Å². The molecule has 0 bridgehead atoms. The van der Waals surface area contributed by atoms with Crippen molar-refractivity contribution < 1.29 is 14.0 Å². The summed E-state index contributed by atoms with van der Waals surface area (Å²) in [5, 5.41) is 21.7. The Morgan fingerprint density at radius 2 is 2.18 bits per heavy atom. The fourth-order valence-corrected chi connectivity index (χ4v) is 6.68. The molecule has 0 saturated heterocycles. The molecule has 1 atom stereocenters. The standard InChI is InChI=1S/C25H18BrClFN7O2S2/c26-12-6-7-13(15(28)9-12)20-14(10-29)23(30)35(17-4-1-5-18(36)21(17)20)24-33-34-25(39-24)38-11-19(37)32-16-3-2-8-31-22(16)27/h2-3,6-9,20H,1,4-5,11,30H2,(H,32,37). The number of carbonyl (C=O) groups is 2. The van der Waals surface area contributed by atoms with Crippen LogP contribution in [0.25, 0.3) is 0 Å². The first-order chi connectivity index (χ1) is 18.8. The molecule has 2 aliphatic rings. The van der Waals surface area contributed by atoms with Crippen LogP contribution in [0, 0.1) is 17.1 Å². The number of nitriles is 1. The summed E-state index contributed by atoms with van der Waals surface area (Å²) in [4.78, 5) is 31.1. The maximum absolute atomic E-state index is 15.1. The molecule has 1 amide bonds. The highest BCUT2D eigenvalue weighted by Crippen LogP contribution is 2.47. The summed E-state index contributed by atoms with van der Waals surface area (Å²) in [5.74, 6) is -1.85. The molecule has 1 aromatic carbocycles. The van der Waals surface area contributed by atoms with Crippen LogP contribution in [0.5, 0.6) is 0 Å². The highest BCUT2D eigenvalue weighted by molar-refractivity contribution is 9.10. The molecule has 2 aromatic heterocycles. The topological polar surface area (TPSA) is 138 Å². The number of nitrogens with one attached hydrogen (secondary N) is 1. The molecule has 3 N–H and O–H groups in total. The minimum atomic E-state index is -0.924. The summed E-state index contributed by atoms with van der Waals surface area (Å²) in [6.07, 6.45) is 2.88. The zero-order valence-corrected chi connectivity index (χ0v) is 23.9. The third kappa shape index (κ3) is 5.42. The number of allylic oxidation sites excluding steroid dienone is 3. The van der Waals surface area contributed by atoms with Crippen LogP contribution in [-0.4, -0.2) is 32.6 Å². The predicted molar refractivity (Wildman–Crippen MR) is 151 cm³/mol. The van der Waals surface area contributed by atoms with Gasteiger partial charge in [-0.15, -0.1) is 10.2 Å². The number of Topliss-reactive ketones (excluding diaryl/α,β-unsaturated/α-hetero) is 1. The van der Waals surface area contributed by atoms with Gasteiger partial charge in [0.1, 0.15) is 11.6 Å². The molecule has 39 heavy (non-hydrogen) atoms. The molecule has 0 fully saturated rings. The normalized spacial score (nSPS) is 17.2. The Balaban J connectivity index is 1.44. The van der Waals surface area contributed by atoms with Crippen LogP contribution in [0.2, 0.25) is 5.15 Å². The van der Waals surface area contributed by atoms with E-state index in [4.69, 9.17) is 17.3 Å². The van der Waals surface area contributed by atoms with Crippen LogP contribution < -0.4 is 16.0 Å². The Bertz CT molecular complexity index is 1600. The molecule has 1 aliphatic heterocycles. The highest BCUT2D eigenvalue weighted by atomic mass is 79.9. The molecule has 0 saturated carbocycles. The minimum absolute atomic E-state index is 0.0337. The molecular formula is C25H18BrClFN7O2S2. The summed E-state index contributed by atoms with van der Waals surface area (Å²) >= 11 is 11.6. The number of aromatic nitrogens is 3. The van der Waals surface area contributed by atoms with Gasteiger partial charge in [-0.25, -0.2) is 9.37 Å². The number of ketones is 1. The number of halogens is 3. The number of thioether (sulfide) groups is 1. The lowest BCUT2D eigenvalue weighted by Crippen LogP contribution is -2.38. The van der Waals surface area contributed by atoms with E-state index >= 15 is 4.39 Å². The van der Waals surface area contributed by atoms with Crippen LogP contribution in [0.4, 0.5) is 15.2 Å². The van der Waals surface area contributed by atoms with Gasteiger partial charge in [0, 0.05) is 33.9 Å². The van der Waals surface area contributed by atoms with Gasteiger partial charge in [0.15, 0.2) is 15.3 Å². The lowest BCUT2D eigenvalue weighted by Gasteiger charge is -2.38. The van der Waals surface area contributed by atoms with Gasteiger partial charge in [0.25, 0.3) is 0 Å². The van der Waals surface area contributed by atoms with E-state index in [-0.39, 0.29) is 46.0 Å². The summed E-state index contributed by atoms with van der Waals surface area (Å²) < 4.78 is 16.1. The van der Waals surface area contributed by atoms with Crippen molar-refractivity contribution in [3.8, 4) is 6.07 Å². The summed E-state index contributed by atoms with van der Waals surface area (Å²) in [7, 11) is 0. The van der Waals surface area contributed by atoms with Crippen molar-refractivity contribution in [2.24, 2.45) is 5.73 Å². The van der Waals surface area contributed by atoms with Gasteiger partial charge in [-0.3, -0.25) is 14.5 Å². The fraction of sp³-hybridized carbons (Fsp3) is 0.200. The van der Waals surface area contributed by atoms with E-state index in [2.05, 4.69) is 42.5 Å². The number of rotatable bonds is 6. The van der Waals surface area contributed by atoms with Crippen LogP contribution in [0.3, 0.4) is 0 Å². The van der Waals surface area contributed by atoms with Crippen molar-refractivity contribution in [3.63, 3.8) is 0 Å². The highest BCUT2D eigenvalue weighted by Gasteiger charge is 2.42. The molecule has 198 valence electrons. The Labute approximate surface area is 244 Å². The predicted octanol–water partition coefficient (Wildman–Crippen LogP) is 5.52. The number of amides is 1. The van der Waals surface area contributed by atoms with Crippen LogP contribution in [0.15, 0.2) is 68.0 Å². The van der Waals surface area contributed by atoms with E-state index in [1.807, 2.05) is 0 Å². The fourth-order valence-electron chi connectivity index (χ4n) is 4.50. The number of carbonyl (C=O) groups excluding carboxylic acids is 2. The van der Waals surface area contributed by atoms with E-state index in [0.29, 0.717) is 43.7 Å². The van der Waals surface area contributed by atoms with Gasteiger partial charge >= 0.3 is 0 Å². The van der Waals surface area contributed by atoms with Crippen molar-refractivity contribution in [2.75, 3.05) is 16.0 Å². The molecule has 3 aromatic rings. The number of pyridine rings is 1. The van der Waals surface area contributed by atoms with Gasteiger partial charge in [-0.05, 0) is 37.1 Å². The zero-order chi connectivity index (χ0) is 27.7. The van der Waals surface area contributed by atoms with Gasteiger partial charge in [-0.1, -0.05) is 56.7 Å². The first-order valence-corrected chi connectivity index (χ1v) is 14.5. The Hall–Kier alpha value is -3.31. The summed E-state index contributed by atoms with van der Waals surface area (Å²) in [6, 6.07) is 9.92. The second kappa shape index (κ2) is 11.4. The third-order valence-corrected chi connectivity index (χ3v) is 8.97. The number of nitrogens with zero attached hydrogens (tertiary/aromatic N) is 5. The molecule has 3 heterocycles. The number of hydrogen-bond donors (Lipinski definition) is 2. The van der Waals surface area contributed by atoms with Gasteiger partial charge < -0.3 is 11.1 Å². The SMILES string of the molecule is N#CC1=C(N)N(c2nnc(SCC(=O)Nc3cccnc3Cl)s2)C2=C(C(=O)CCC2)C1c1ccc(Br)cc1F. The monoisotopic (exact) mass is 645 g/mol.